The lowest BCUT2D eigenvalue weighted by molar-refractivity contribution is -0.143. The van der Waals surface area contributed by atoms with Crippen LogP contribution in [0.2, 0.25) is 0 Å². The number of nitrogens with one attached hydrogen (secondary N) is 5. The molecule has 0 bridgehead atoms. The Bertz CT molecular complexity index is 1380. The number of rotatable bonds is 24. The first-order valence-corrected chi connectivity index (χ1v) is 18.3. The summed E-state index contributed by atoms with van der Waals surface area (Å²) in [5.74, 6) is -6.45. The zero-order valence-electron chi connectivity index (χ0n) is 32.1. The van der Waals surface area contributed by atoms with Gasteiger partial charge in [-0.2, -0.15) is 0 Å². The number of nitrogens with two attached hydrogens (primary N) is 5. The van der Waals surface area contributed by atoms with Crippen LogP contribution in [0.1, 0.15) is 72.6 Å². The van der Waals surface area contributed by atoms with E-state index >= 15 is 0 Å². The van der Waals surface area contributed by atoms with Crippen LogP contribution in [0.4, 0.5) is 0 Å². The Morgan fingerprint density at radius 1 is 0.782 bits per heavy atom. The maximum atomic E-state index is 13.5. The molecule has 0 unspecified atom stereocenters. The van der Waals surface area contributed by atoms with E-state index in [1.165, 1.54) is 4.90 Å². The molecule has 17 N–H and O–H groups in total. The van der Waals surface area contributed by atoms with Gasteiger partial charge in [0.2, 0.25) is 35.4 Å². The molecule has 22 heteroatoms. The second-order valence-corrected chi connectivity index (χ2v) is 14.0. The van der Waals surface area contributed by atoms with Crippen LogP contribution in [0, 0.1) is 11.8 Å². The Labute approximate surface area is 320 Å². The number of likely N-dealkylation sites (tertiary alicyclic amines) is 1. The zero-order chi connectivity index (χ0) is 41.8. The molecule has 1 aliphatic heterocycles. The third kappa shape index (κ3) is 17.6. The van der Waals surface area contributed by atoms with E-state index in [2.05, 4.69) is 36.6 Å². The van der Waals surface area contributed by atoms with Crippen molar-refractivity contribution in [3.63, 3.8) is 0 Å². The molecule has 0 saturated carbocycles. The molecule has 1 heterocycles. The lowest BCUT2D eigenvalue weighted by atomic mass is 9.99. The number of amides is 6. The number of guanidine groups is 2. The molecule has 0 aromatic rings. The van der Waals surface area contributed by atoms with Crippen LogP contribution in [0.5, 0.6) is 0 Å². The van der Waals surface area contributed by atoms with Crippen molar-refractivity contribution in [2.24, 2.45) is 50.5 Å². The molecule has 1 fully saturated rings. The fourth-order valence-corrected chi connectivity index (χ4v) is 5.67. The number of nitrogens with zero attached hydrogens (tertiary/aromatic N) is 3. The first-order chi connectivity index (χ1) is 25.8. The number of hydrogen-bond donors (Lipinski definition) is 12. The van der Waals surface area contributed by atoms with Gasteiger partial charge in [0, 0.05) is 19.6 Å². The van der Waals surface area contributed by atoms with Crippen molar-refractivity contribution in [1.29, 1.82) is 0 Å². The van der Waals surface area contributed by atoms with Crippen LogP contribution in [0.15, 0.2) is 9.98 Å². The van der Waals surface area contributed by atoms with Gasteiger partial charge in [-0.05, 0) is 56.8 Å². The maximum absolute atomic E-state index is 13.5. The van der Waals surface area contributed by atoms with Crippen molar-refractivity contribution in [2.75, 3.05) is 32.8 Å². The average molecular weight is 784 g/mol. The number of carbonyl (C=O) groups is 7. The first kappa shape index (κ1) is 47.8. The smallest absolute Gasteiger partial charge is 0.326 e. The summed E-state index contributed by atoms with van der Waals surface area (Å²) in [4.78, 5) is 99.3. The van der Waals surface area contributed by atoms with E-state index in [-0.39, 0.29) is 50.1 Å². The molecule has 0 radical (unpaired) electrons. The second kappa shape index (κ2) is 24.2. The van der Waals surface area contributed by atoms with Gasteiger partial charge in [-0.25, -0.2) is 4.79 Å². The van der Waals surface area contributed by atoms with E-state index in [1.54, 1.807) is 27.7 Å². The Kier molecular flexibility index (Phi) is 21.0. The summed E-state index contributed by atoms with van der Waals surface area (Å²) in [7, 11) is 0. The molecule has 1 saturated heterocycles. The van der Waals surface area contributed by atoms with E-state index in [4.69, 9.17) is 28.7 Å². The van der Waals surface area contributed by atoms with Gasteiger partial charge in [-0.3, -0.25) is 38.8 Å². The van der Waals surface area contributed by atoms with Crippen molar-refractivity contribution < 1.29 is 43.8 Å². The lowest BCUT2D eigenvalue weighted by Crippen LogP contribution is -2.60. The van der Waals surface area contributed by atoms with E-state index in [9.17, 15) is 43.8 Å². The number of aliphatic hydroxyl groups is 1. The predicted octanol–water partition coefficient (Wildman–Crippen LogP) is -4.75. The molecule has 0 aromatic carbocycles. The fraction of sp³-hybridized carbons (Fsp3) is 0.727. The molecule has 22 nitrogen and oxygen atoms in total. The molecule has 6 atom stereocenters. The number of carboxylic acid groups (broad SMARTS) is 1. The van der Waals surface area contributed by atoms with Crippen LogP contribution in [-0.4, -0.2) is 137 Å². The SMILES string of the molecule is CC(C)C[C@H](NC(=O)[C@H](CO)NC(=O)CNC(=O)[C@@H]1CCCN1C(=O)[C@@H](N)CCCN=C(N)N)C(=O)N[C@H](C(=O)N[C@@H](CCCN=C(N)N)C(=O)O)C(C)C. The number of aliphatic carboxylic acids is 1. The third-order valence-corrected chi connectivity index (χ3v) is 8.53. The number of carbonyl (C=O) groups excluding carboxylic acids is 6. The number of aliphatic hydroxyl groups excluding tert-OH is 1. The van der Waals surface area contributed by atoms with E-state index in [1.807, 2.05) is 0 Å². The van der Waals surface area contributed by atoms with Crippen molar-refractivity contribution in [2.45, 2.75) is 109 Å². The standard InChI is InChI=1S/C33H61N13O9/c1-17(2)14-21(26(49)45-25(18(3)4)29(52)43-20(31(54)55)9-6-12-40-33(37)38)44-27(50)22(16-47)42-24(48)15-41-28(51)23-10-7-13-46(23)30(53)19(34)8-5-11-39-32(35)36/h17-23,25,47H,5-16,34H2,1-4H3,(H,41,51)(H,42,48)(H,43,52)(H,44,50)(H,45,49)(H,54,55)(H4,35,36,39)(H4,37,38,40)/t19-,20-,21-,22-,23-,25-/m0/s1. The van der Waals surface area contributed by atoms with Crippen molar-refractivity contribution in [3.05, 3.63) is 0 Å². The van der Waals surface area contributed by atoms with E-state index < -0.39 is 96.7 Å². The Morgan fingerprint density at radius 3 is 1.87 bits per heavy atom. The first-order valence-electron chi connectivity index (χ1n) is 18.3. The minimum atomic E-state index is -1.52. The molecular weight excluding hydrogens is 722 g/mol. The highest BCUT2D eigenvalue weighted by Gasteiger charge is 2.37. The molecule has 55 heavy (non-hydrogen) atoms. The fourth-order valence-electron chi connectivity index (χ4n) is 5.67. The Balaban J connectivity index is 2.86. The summed E-state index contributed by atoms with van der Waals surface area (Å²) in [6.45, 7) is 6.15. The summed E-state index contributed by atoms with van der Waals surface area (Å²) in [6.07, 6.45) is 2.00. The second-order valence-electron chi connectivity index (χ2n) is 14.0. The summed E-state index contributed by atoms with van der Waals surface area (Å²) >= 11 is 0. The van der Waals surface area contributed by atoms with Gasteiger partial charge < -0.3 is 70.4 Å². The highest BCUT2D eigenvalue weighted by atomic mass is 16.4. The van der Waals surface area contributed by atoms with Crippen LogP contribution in [0.3, 0.4) is 0 Å². The molecule has 0 aromatic heterocycles. The highest BCUT2D eigenvalue weighted by Crippen LogP contribution is 2.19. The molecule has 0 aliphatic carbocycles. The summed E-state index contributed by atoms with van der Waals surface area (Å²) in [5, 5.41) is 31.9. The van der Waals surface area contributed by atoms with Crippen LogP contribution in [0.25, 0.3) is 0 Å². The topological polar surface area (TPSA) is 378 Å². The van der Waals surface area contributed by atoms with Gasteiger partial charge in [0.25, 0.3) is 0 Å². The largest absolute Gasteiger partial charge is 0.480 e. The summed E-state index contributed by atoms with van der Waals surface area (Å²) in [6, 6.07) is -6.96. The van der Waals surface area contributed by atoms with E-state index in [0.717, 1.165) is 0 Å². The molecule has 1 aliphatic rings. The van der Waals surface area contributed by atoms with Gasteiger partial charge >= 0.3 is 5.97 Å². The zero-order valence-corrected chi connectivity index (χ0v) is 32.1. The minimum Gasteiger partial charge on any atom is -0.480 e. The normalized spacial score (nSPS) is 16.5. The van der Waals surface area contributed by atoms with Gasteiger partial charge in [0.15, 0.2) is 11.9 Å². The highest BCUT2D eigenvalue weighted by molar-refractivity contribution is 5.96. The summed E-state index contributed by atoms with van der Waals surface area (Å²) in [5.41, 5.74) is 27.2. The quantitative estimate of drug-likeness (QED) is 0.0249. The van der Waals surface area contributed by atoms with Crippen molar-refractivity contribution in [3.8, 4) is 0 Å². The molecular formula is C33H61N13O9. The average Bonchev–Trinajstić information content (AvgIpc) is 3.60. The van der Waals surface area contributed by atoms with Crippen LogP contribution < -0.4 is 55.3 Å². The van der Waals surface area contributed by atoms with Crippen molar-refractivity contribution in [1.82, 2.24) is 31.5 Å². The van der Waals surface area contributed by atoms with Crippen molar-refractivity contribution >= 4 is 53.3 Å². The Morgan fingerprint density at radius 2 is 1.35 bits per heavy atom. The van der Waals surface area contributed by atoms with Gasteiger partial charge in [-0.15, -0.1) is 0 Å². The number of carboxylic acids is 1. The van der Waals surface area contributed by atoms with E-state index in [0.29, 0.717) is 32.4 Å². The van der Waals surface area contributed by atoms with Gasteiger partial charge in [0.1, 0.15) is 30.2 Å². The maximum Gasteiger partial charge on any atom is 0.326 e. The van der Waals surface area contributed by atoms with Crippen LogP contribution >= 0.6 is 0 Å². The minimum absolute atomic E-state index is 0.0116. The van der Waals surface area contributed by atoms with Crippen LogP contribution in [-0.2, 0) is 33.6 Å². The molecule has 0 spiro atoms. The van der Waals surface area contributed by atoms with Gasteiger partial charge in [0.05, 0.1) is 19.2 Å². The van der Waals surface area contributed by atoms with Gasteiger partial charge in [-0.1, -0.05) is 27.7 Å². The number of hydrogen-bond acceptors (Lipinski definition) is 11. The molecule has 312 valence electrons. The lowest BCUT2D eigenvalue weighted by Gasteiger charge is -2.28. The summed E-state index contributed by atoms with van der Waals surface area (Å²) < 4.78 is 0. The predicted molar refractivity (Wildman–Crippen MR) is 202 cm³/mol. The third-order valence-electron chi connectivity index (χ3n) is 8.53. The Hall–Kier alpha value is -5.25. The molecule has 6 amide bonds. The number of aliphatic imine (C=N–C) groups is 2. The molecule has 1 rings (SSSR count). The monoisotopic (exact) mass is 783 g/mol.